The third-order valence-electron chi connectivity index (χ3n) is 2.04. The average molecular weight is 212 g/mol. The molecule has 0 aliphatic rings. The summed E-state index contributed by atoms with van der Waals surface area (Å²) >= 11 is 11.8. The van der Waals surface area contributed by atoms with Gasteiger partial charge in [0.15, 0.2) is 0 Å². The number of nitrogens with zero attached hydrogens (tertiary/aromatic N) is 1. The van der Waals surface area contributed by atoms with Crippen molar-refractivity contribution < 1.29 is 0 Å². The summed E-state index contributed by atoms with van der Waals surface area (Å²) in [6.45, 7) is 1.94. The smallest absolute Gasteiger partial charge is 0.148 e. The van der Waals surface area contributed by atoms with Crippen LogP contribution in [-0.4, -0.2) is 4.98 Å². The number of aryl methyl sites for hydroxylation is 1. The fourth-order valence-corrected chi connectivity index (χ4v) is 1.69. The molecule has 1 aromatic carbocycles. The molecular weight excluding hydrogens is 205 g/mol. The molecule has 0 fully saturated rings. The lowest BCUT2D eigenvalue weighted by Gasteiger charge is -2.04. The minimum absolute atomic E-state index is 0.373. The number of hydrogen-bond acceptors (Lipinski definition) is 1. The number of fused-ring (bicyclic) bond motifs is 1. The van der Waals surface area contributed by atoms with E-state index in [9.17, 15) is 0 Å². The zero-order valence-electron chi connectivity index (χ0n) is 7.01. The molecule has 13 heavy (non-hydrogen) atoms. The predicted octanol–water partition coefficient (Wildman–Crippen LogP) is 3.85. The van der Waals surface area contributed by atoms with Crippen LogP contribution < -0.4 is 0 Å². The van der Waals surface area contributed by atoms with Gasteiger partial charge in [0.25, 0.3) is 0 Å². The van der Waals surface area contributed by atoms with Gasteiger partial charge in [0.2, 0.25) is 0 Å². The van der Waals surface area contributed by atoms with E-state index in [4.69, 9.17) is 23.2 Å². The molecule has 1 aromatic heterocycles. The molecule has 2 rings (SSSR count). The van der Waals surface area contributed by atoms with E-state index in [2.05, 4.69) is 4.98 Å². The van der Waals surface area contributed by atoms with Crippen molar-refractivity contribution in [2.75, 3.05) is 0 Å². The van der Waals surface area contributed by atoms with Crippen molar-refractivity contribution in [2.45, 2.75) is 6.92 Å². The Hall–Kier alpha value is -0.790. The molecule has 1 nitrogen and oxygen atoms in total. The summed E-state index contributed by atoms with van der Waals surface area (Å²) in [5.74, 6) is 0. The zero-order chi connectivity index (χ0) is 9.42. The Morgan fingerprint density at radius 2 is 1.85 bits per heavy atom. The van der Waals surface area contributed by atoms with Crippen LogP contribution in [-0.2, 0) is 0 Å². The van der Waals surface area contributed by atoms with Crippen molar-refractivity contribution in [1.29, 1.82) is 0 Å². The van der Waals surface area contributed by atoms with Gasteiger partial charge in [-0.3, -0.25) is 0 Å². The first-order chi connectivity index (χ1) is 6.20. The van der Waals surface area contributed by atoms with Gasteiger partial charge in [0.1, 0.15) is 5.15 Å². The van der Waals surface area contributed by atoms with Crippen molar-refractivity contribution in [3.05, 3.63) is 40.0 Å². The zero-order valence-corrected chi connectivity index (χ0v) is 8.52. The van der Waals surface area contributed by atoms with E-state index in [0.29, 0.717) is 10.2 Å². The maximum atomic E-state index is 5.96. The highest BCUT2D eigenvalue weighted by Crippen LogP contribution is 2.29. The third kappa shape index (κ3) is 1.38. The SMILES string of the molecule is Cc1c(Cl)c(Cl)nc2ccccc12. The molecular formula is C10H7Cl2N. The van der Waals surface area contributed by atoms with E-state index in [0.717, 1.165) is 16.5 Å². The van der Waals surface area contributed by atoms with Gasteiger partial charge in [-0.25, -0.2) is 4.98 Å². The molecule has 0 N–H and O–H groups in total. The van der Waals surface area contributed by atoms with Crippen LogP contribution in [0.3, 0.4) is 0 Å². The van der Waals surface area contributed by atoms with E-state index >= 15 is 0 Å². The van der Waals surface area contributed by atoms with Gasteiger partial charge < -0.3 is 0 Å². The van der Waals surface area contributed by atoms with Crippen LogP contribution in [0.15, 0.2) is 24.3 Å². The van der Waals surface area contributed by atoms with E-state index in [-0.39, 0.29) is 0 Å². The Morgan fingerprint density at radius 3 is 2.62 bits per heavy atom. The van der Waals surface area contributed by atoms with Gasteiger partial charge >= 0.3 is 0 Å². The summed E-state index contributed by atoms with van der Waals surface area (Å²) < 4.78 is 0. The third-order valence-corrected chi connectivity index (χ3v) is 2.87. The van der Waals surface area contributed by atoms with Gasteiger partial charge in [-0.15, -0.1) is 0 Å². The lowest BCUT2D eigenvalue weighted by molar-refractivity contribution is 1.37. The molecule has 0 amide bonds. The van der Waals surface area contributed by atoms with Crippen LogP contribution in [0.4, 0.5) is 0 Å². The predicted molar refractivity (Wildman–Crippen MR) is 56.5 cm³/mol. The van der Waals surface area contributed by atoms with Crippen LogP contribution in [0.1, 0.15) is 5.56 Å². The van der Waals surface area contributed by atoms with Crippen molar-refractivity contribution >= 4 is 34.1 Å². The minimum Gasteiger partial charge on any atom is -0.234 e. The first-order valence-electron chi connectivity index (χ1n) is 3.90. The molecule has 1 heterocycles. The Morgan fingerprint density at radius 1 is 1.15 bits per heavy atom. The lowest BCUT2D eigenvalue weighted by Crippen LogP contribution is -1.86. The fraction of sp³-hybridized carbons (Fsp3) is 0.100. The Labute approximate surface area is 86.3 Å². The summed E-state index contributed by atoms with van der Waals surface area (Å²) in [7, 11) is 0. The maximum absolute atomic E-state index is 5.96. The van der Waals surface area contributed by atoms with E-state index in [1.54, 1.807) is 0 Å². The quantitative estimate of drug-likeness (QED) is 0.604. The molecule has 0 aliphatic carbocycles. The number of pyridine rings is 1. The minimum atomic E-state index is 0.373. The van der Waals surface area contributed by atoms with Crippen LogP contribution in [0, 0.1) is 6.92 Å². The molecule has 0 atom stereocenters. The topological polar surface area (TPSA) is 12.9 Å². The van der Waals surface area contributed by atoms with Gasteiger partial charge in [-0.05, 0) is 18.6 Å². The summed E-state index contributed by atoms with van der Waals surface area (Å²) in [6.07, 6.45) is 0. The van der Waals surface area contributed by atoms with Crippen molar-refractivity contribution in [2.24, 2.45) is 0 Å². The Kier molecular flexibility index (Phi) is 2.14. The van der Waals surface area contributed by atoms with Gasteiger partial charge in [0.05, 0.1) is 10.5 Å². The number of hydrogen-bond donors (Lipinski definition) is 0. The average Bonchev–Trinajstić information content (AvgIpc) is 2.15. The van der Waals surface area contributed by atoms with Crippen molar-refractivity contribution in [3.63, 3.8) is 0 Å². The monoisotopic (exact) mass is 211 g/mol. The van der Waals surface area contributed by atoms with E-state index in [1.807, 2.05) is 31.2 Å². The highest BCUT2D eigenvalue weighted by Gasteiger charge is 2.06. The first-order valence-corrected chi connectivity index (χ1v) is 4.66. The number of rotatable bonds is 0. The molecule has 3 heteroatoms. The molecule has 0 saturated heterocycles. The molecule has 0 aliphatic heterocycles. The van der Waals surface area contributed by atoms with Gasteiger partial charge in [0, 0.05) is 5.39 Å². The number of halogens is 2. The molecule has 2 aromatic rings. The largest absolute Gasteiger partial charge is 0.234 e. The molecule has 66 valence electrons. The highest BCUT2D eigenvalue weighted by atomic mass is 35.5. The summed E-state index contributed by atoms with van der Waals surface area (Å²) in [4.78, 5) is 4.17. The van der Waals surface area contributed by atoms with Crippen LogP contribution in [0.5, 0.6) is 0 Å². The van der Waals surface area contributed by atoms with Crippen molar-refractivity contribution in [1.82, 2.24) is 4.98 Å². The molecule has 0 spiro atoms. The summed E-state index contributed by atoms with van der Waals surface area (Å²) in [6, 6.07) is 7.80. The maximum Gasteiger partial charge on any atom is 0.148 e. The Bertz CT molecular complexity index is 466. The number of aromatic nitrogens is 1. The van der Waals surface area contributed by atoms with Crippen LogP contribution in [0.25, 0.3) is 10.9 Å². The summed E-state index contributed by atoms with van der Waals surface area (Å²) in [5, 5.41) is 1.97. The lowest BCUT2D eigenvalue weighted by atomic mass is 10.1. The van der Waals surface area contributed by atoms with Crippen LogP contribution >= 0.6 is 23.2 Å². The molecule has 0 bridgehead atoms. The second-order valence-electron chi connectivity index (χ2n) is 2.86. The molecule has 0 radical (unpaired) electrons. The highest BCUT2D eigenvalue weighted by molar-refractivity contribution is 6.42. The number of para-hydroxylation sites is 1. The fourth-order valence-electron chi connectivity index (χ4n) is 1.32. The van der Waals surface area contributed by atoms with Crippen LogP contribution in [0.2, 0.25) is 10.2 Å². The second kappa shape index (κ2) is 3.17. The Balaban J connectivity index is 2.94. The normalized spacial score (nSPS) is 10.7. The molecule has 0 saturated carbocycles. The van der Waals surface area contributed by atoms with Gasteiger partial charge in [-0.2, -0.15) is 0 Å². The number of benzene rings is 1. The first kappa shape index (κ1) is 8.79. The second-order valence-corrected chi connectivity index (χ2v) is 3.59. The standard InChI is InChI=1S/C10H7Cl2N/c1-6-7-4-2-3-5-8(7)13-10(12)9(6)11/h2-5H,1H3. The van der Waals surface area contributed by atoms with Crippen molar-refractivity contribution in [3.8, 4) is 0 Å². The van der Waals surface area contributed by atoms with E-state index < -0.39 is 0 Å². The van der Waals surface area contributed by atoms with Gasteiger partial charge in [-0.1, -0.05) is 41.4 Å². The molecule has 0 unspecified atom stereocenters. The van der Waals surface area contributed by atoms with E-state index in [1.165, 1.54) is 0 Å². The summed E-state index contributed by atoms with van der Waals surface area (Å²) in [5.41, 5.74) is 1.87.